The first-order valence-corrected chi connectivity index (χ1v) is 6.83. The lowest BCUT2D eigenvalue weighted by Crippen LogP contribution is -2.23. The van der Waals surface area contributed by atoms with Crippen molar-refractivity contribution in [2.45, 2.75) is 6.54 Å². The van der Waals surface area contributed by atoms with Crippen LogP contribution in [0.4, 0.5) is 0 Å². The van der Waals surface area contributed by atoms with Gasteiger partial charge in [-0.25, -0.2) is 0 Å². The van der Waals surface area contributed by atoms with Crippen LogP contribution in [0.25, 0.3) is 0 Å². The molecule has 0 atom stereocenters. The van der Waals surface area contributed by atoms with Gasteiger partial charge in [0.15, 0.2) is 0 Å². The van der Waals surface area contributed by atoms with Gasteiger partial charge in [0.2, 0.25) is 0 Å². The summed E-state index contributed by atoms with van der Waals surface area (Å²) in [5.41, 5.74) is 1.88. The molecule has 2 rings (SSSR count). The van der Waals surface area contributed by atoms with E-state index in [1.165, 1.54) is 0 Å². The highest BCUT2D eigenvalue weighted by atomic mass is 127. The Balaban J connectivity index is 2.01. The molecule has 1 aromatic heterocycles. The van der Waals surface area contributed by atoms with E-state index < -0.39 is 0 Å². The van der Waals surface area contributed by atoms with Gasteiger partial charge in [-0.2, -0.15) is 11.3 Å². The molecule has 1 aromatic carbocycles. The van der Waals surface area contributed by atoms with E-state index in [4.69, 9.17) is 0 Å². The van der Waals surface area contributed by atoms with Crippen molar-refractivity contribution in [3.8, 4) is 0 Å². The number of carbonyl (C=O) groups is 1. The summed E-state index contributed by atoms with van der Waals surface area (Å²) in [7, 11) is 0. The first-order valence-electron chi connectivity index (χ1n) is 4.81. The van der Waals surface area contributed by atoms with E-state index >= 15 is 0 Å². The summed E-state index contributed by atoms with van der Waals surface area (Å²) in [6.07, 6.45) is 0. The molecule has 1 heterocycles. The normalized spacial score (nSPS) is 10.1. The highest BCUT2D eigenvalue weighted by Gasteiger charge is 2.08. The van der Waals surface area contributed by atoms with Crippen LogP contribution < -0.4 is 5.32 Å². The van der Waals surface area contributed by atoms with E-state index in [1.54, 1.807) is 11.3 Å². The molecular weight excluding hydrogens is 333 g/mol. The van der Waals surface area contributed by atoms with E-state index in [-0.39, 0.29) is 5.91 Å². The molecule has 2 aromatic rings. The van der Waals surface area contributed by atoms with Crippen LogP contribution in [0, 0.1) is 3.57 Å². The first kappa shape index (κ1) is 11.6. The van der Waals surface area contributed by atoms with Gasteiger partial charge in [-0.3, -0.25) is 4.79 Å². The SMILES string of the molecule is O=C(NCc1ccsc1)c1ccccc1I. The Morgan fingerprint density at radius 2 is 2.12 bits per heavy atom. The Labute approximate surface area is 112 Å². The molecule has 16 heavy (non-hydrogen) atoms. The number of halogens is 1. The van der Waals surface area contributed by atoms with Crippen molar-refractivity contribution in [3.63, 3.8) is 0 Å². The summed E-state index contributed by atoms with van der Waals surface area (Å²) in [5.74, 6) is -0.0174. The van der Waals surface area contributed by atoms with Gasteiger partial charge in [-0.05, 0) is 57.1 Å². The number of amides is 1. The molecule has 1 N–H and O–H groups in total. The molecule has 0 aliphatic heterocycles. The van der Waals surface area contributed by atoms with Crippen LogP contribution in [0.2, 0.25) is 0 Å². The Bertz CT molecular complexity index is 482. The number of hydrogen-bond acceptors (Lipinski definition) is 2. The number of nitrogens with one attached hydrogen (secondary N) is 1. The average Bonchev–Trinajstić information content (AvgIpc) is 2.79. The van der Waals surface area contributed by atoms with Gasteiger partial charge in [-0.15, -0.1) is 0 Å². The number of hydrogen-bond donors (Lipinski definition) is 1. The fraction of sp³-hybridized carbons (Fsp3) is 0.0833. The van der Waals surface area contributed by atoms with Gasteiger partial charge in [0.25, 0.3) is 5.91 Å². The van der Waals surface area contributed by atoms with E-state index in [9.17, 15) is 4.79 Å². The molecule has 0 aliphatic rings. The van der Waals surface area contributed by atoms with E-state index in [0.29, 0.717) is 6.54 Å². The maximum absolute atomic E-state index is 11.8. The minimum atomic E-state index is -0.0174. The van der Waals surface area contributed by atoms with E-state index in [2.05, 4.69) is 27.9 Å². The van der Waals surface area contributed by atoms with Gasteiger partial charge in [0.05, 0.1) is 5.56 Å². The molecule has 0 saturated heterocycles. The maximum atomic E-state index is 11.8. The number of rotatable bonds is 3. The topological polar surface area (TPSA) is 29.1 Å². The van der Waals surface area contributed by atoms with Gasteiger partial charge >= 0.3 is 0 Å². The largest absolute Gasteiger partial charge is 0.348 e. The predicted octanol–water partition coefficient (Wildman–Crippen LogP) is 3.28. The van der Waals surface area contributed by atoms with Crippen LogP contribution >= 0.6 is 33.9 Å². The van der Waals surface area contributed by atoms with Crippen LogP contribution in [0.5, 0.6) is 0 Å². The summed E-state index contributed by atoms with van der Waals surface area (Å²) in [6.45, 7) is 0.591. The van der Waals surface area contributed by atoms with Crippen LogP contribution in [0.3, 0.4) is 0 Å². The third-order valence-electron chi connectivity index (χ3n) is 2.15. The lowest BCUT2D eigenvalue weighted by molar-refractivity contribution is 0.0950. The number of carbonyl (C=O) groups excluding carboxylic acids is 1. The monoisotopic (exact) mass is 343 g/mol. The van der Waals surface area contributed by atoms with Crippen molar-refractivity contribution in [2.24, 2.45) is 0 Å². The smallest absolute Gasteiger partial charge is 0.252 e. The highest BCUT2D eigenvalue weighted by molar-refractivity contribution is 14.1. The molecule has 1 amide bonds. The summed E-state index contributed by atoms with van der Waals surface area (Å²) >= 11 is 3.81. The molecule has 4 heteroatoms. The Hall–Kier alpha value is -0.880. The predicted molar refractivity (Wildman–Crippen MR) is 74.6 cm³/mol. The van der Waals surface area contributed by atoms with Crippen molar-refractivity contribution in [3.05, 3.63) is 55.8 Å². The second-order valence-electron chi connectivity index (χ2n) is 3.29. The Morgan fingerprint density at radius 1 is 1.31 bits per heavy atom. The van der Waals surface area contributed by atoms with E-state index in [0.717, 1.165) is 14.7 Å². The third kappa shape index (κ3) is 2.82. The van der Waals surface area contributed by atoms with Gasteiger partial charge in [0, 0.05) is 10.1 Å². The summed E-state index contributed by atoms with van der Waals surface area (Å²) < 4.78 is 0.975. The van der Waals surface area contributed by atoms with Crippen LogP contribution in [0.15, 0.2) is 41.1 Å². The molecular formula is C12H10INOS. The zero-order chi connectivity index (χ0) is 11.4. The maximum Gasteiger partial charge on any atom is 0.252 e. The van der Waals surface area contributed by atoms with Crippen LogP contribution in [-0.4, -0.2) is 5.91 Å². The summed E-state index contributed by atoms with van der Waals surface area (Å²) in [5, 5.41) is 6.95. The minimum absolute atomic E-state index is 0.0174. The van der Waals surface area contributed by atoms with Crippen molar-refractivity contribution < 1.29 is 4.79 Å². The number of thiophene rings is 1. The van der Waals surface area contributed by atoms with Crippen molar-refractivity contribution in [1.82, 2.24) is 5.32 Å². The lowest BCUT2D eigenvalue weighted by Gasteiger charge is -2.05. The molecule has 82 valence electrons. The van der Waals surface area contributed by atoms with Gasteiger partial charge in [-0.1, -0.05) is 12.1 Å². The fourth-order valence-corrected chi connectivity index (χ4v) is 2.62. The first-order chi connectivity index (χ1) is 7.77. The van der Waals surface area contributed by atoms with Crippen molar-refractivity contribution >= 4 is 39.8 Å². The quantitative estimate of drug-likeness (QED) is 0.852. The molecule has 0 bridgehead atoms. The summed E-state index contributed by atoms with van der Waals surface area (Å²) in [6, 6.07) is 9.59. The van der Waals surface area contributed by atoms with Crippen LogP contribution in [-0.2, 0) is 6.54 Å². The van der Waals surface area contributed by atoms with Gasteiger partial charge in [0.1, 0.15) is 0 Å². The van der Waals surface area contributed by atoms with Gasteiger partial charge < -0.3 is 5.32 Å². The highest BCUT2D eigenvalue weighted by Crippen LogP contribution is 2.11. The molecule has 2 nitrogen and oxygen atoms in total. The van der Waals surface area contributed by atoms with Crippen molar-refractivity contribution in [2.75, 3.05) is 0 Å². The third-order valence-corrected chi connectivity index (χ3v) is 3.82. The molecule has 0 saturated carbocycles. The van der Waals surface area contributed by atoms with E-state index in [1.807, 2.05) is 41.1 Å². The summed E-state index contributed by atoms with van der Waals surface area (Å²) in [4.78, 5) is 11.8. The minimum Gasteiger partial charge on any atom is -0.348 e. The molecule has 0 unspecified atom stereocenters. The molecule has 0 radical (unpaired) electrons. The standard InChI is InChI=1S/C12H10INOS/c13-11-4-2-1-3-10(11)12(15)14-7-9-5-6-16-8-9/h1-6,8H,7H2,(H,14,15). The average molecular weight is 343 g/mol. The van der Waals surface area contributed by atoms with Crippen LogP contribution in [0.1, 0.15) is 15.9 Å². The Morgan fingerprint density at radius 3 is 2.81 bits per heavy atom. The fourth-order valence-electron chi connectivity index (χ4n) is 1.32. The second-order valence-corrected chi connectivity index (χ2v) is 5.24. The zero-order valence-corrected chi connectivity index (χ0v) is 11.4. The Kier molecular flexibility index (Phi) is 3.95. The zero-order valence-electron chi connectivity index (χ0n) is 8.44. The lowest BCUT2D eigenvalue weighted by atomic mass is 10.2. The molecule has 0 aliphatic carbocycles. The number of benzene rings is 1. The second kappa shape index (κ2) is 5.45. The van der Waals surface area contributed by atoms with Crippen molar-refractivity contribution in [1.29, 1.82) is 0 Å². The molecule has 0 fully saturated rings. The molecule has 0 spiro atoms.